The molecule has 0 spiro atoms. The molecule has 1 aliphatic rings. The Hall–Kier alpha value is -4.26. The number of phenolic OH excluding ortho intramolecular Hbond substituents is 2. The molecule has 1 fully saturated rings. The lowest BCUT2D eigenvalue weighted by atomic mass is 9.94. The van der Waals surface area contributed by atoms with E-state index < -0.39 is 17.7 Å². The minimum absolute atomic E-state index is 0.0642. The van der Waals surface area contributed by atoms with Crippen molar-refractivity contribution in [2.45, 2.75) is 13.0 Å². The van der Waals surface area contributed by atoms with Gasteiger partial charge in [0.05, 0.1) is 24.4 Å². The van der Waals surface area contributed by atoms with Crippen molar-refractivity contribution >= 4 is 23.1 Å². The van der Waals surface area contributed by atoms with Gasteiger partial charge in [-0.3, -0.25) is 14.5 Å². The van der Waals surface area contributed by atoms with Crippen LogP contribution in [0.4, 0.5) is 5.69 Å². The maximum Gasteiger partial charge on any atom is 0.300 e. The predicted molar refractivity (Wildman–Crippen MR) is 119 cm³/mol. The number of benzene rings is 3. The fraction of sp³-hybridized carbons (Fsp3) is 0.120. The van der Waals surface area contributed by atoms with E-state index in [1.54, 1.807) is 49.4 Å². The van der Waals surface area contributed by atoms with Crippen LogP contribution < -0.4 is 9.64 Å². The summed E-state index contributed by atoms with van der Waals surface area (Å²) in [5.41, 5.74) is 1.45. The van der Waals surface area contributed by atoms with Crippen LogP contribution in [0.3, 0.4) is 0 Å². The van der Waals surface area contributed by atoms with E-state index in [0.29, 0.717) is 16.9 Å². The van der Waals surface area contributed by atoms with Crippen molar-refractivity contribution in [3.05, 3.63) is 89.0 Å². The van der Waals surface area contributed by atoms with Crippen molar-refractivity contribution in [3.8, 4) is 17.2 Å². The maximum absolute atomic E-state index is 13.1. The molecule has 32 heavy (non-hydrogen) atoms. The zero-order chi connectivity index (χ0) is 23.0. The number of anilines is 1. The van der Waals surface area contributed by atoms with E-state index in [1.807, 2.05) is 0 Å². The summed E-state index contributed by atoms with van der Waals surface area (Å²) in [5.74, 6) is -1.80. The number of phenols is 2. The summed E-state index contributed by atoms with van der Waals surface area (Å²) in [5, 5.41) is 31.6. The van der Waals surface area contributed by atoms with E-state index in [2.05, 4.69) is 0 Å². The molecule has 1 saturated heterocycles. The first-order valence-corrected chi connectivity index (χ1v) is 9.86. The first-order valence-electron chi connectivity index (χ1n) is 9.86. The molecule has 7 nitrogen and oxygen atoms in total. The van der Waals surface area contributed by atoms with Gasteiger partial charge in [0, 0.05) is 5.56 Å². The largest absolute Gasteiger partial charge is 0.508 e. The number of hydrogen-bond acceptors (Lipinski definition) is 6. The second-order valence-corrected chi connectivity index (χ2v) is 7.44. The van der Waals surface area contributed by atoms with Gasteiger partial charge in [-0.25, -0.2) is 0 Å². The molecular formula is C25H21NO6. The molecule has 4 rings (SSSR count). The first kappa shape index (κ1) is 21.0. The van der Waals surface area contributed by atoms with Crippen molar-refractivity contribution in [1.29, 1.82) is 0 Å². The summed E-state index contributed by atoms with van der Waals surface area (Å²) < 4.78 is 5.25. The van der Waals surface area contributed by atoms with Gasteiger partial charge in [-0.05, 0) is 60.5 Å². The molecule has 0 aromatic heterocycles. The number of carbonyl (C=O) groups excluding carboxylic acids is 2. The summed E-state index contributed by atoms with van der Waals surface area (Å²) >= 11 is 0. The van der Waals surface area contributed by atoms with Crippen LogP contribution in [0.1, 0.15) is 22.7 Å². The zero-order valence-corrected chi connectivity index (χ0v) is 17.4. The molecule has 0 aliphatic carbocycles. The summed E-state index contributed by atoms with van der Waals surface area (Å²) in [6, 6.07) is 16.1. The second-order valence-electron chi connectivity index (χ2n) is 7.44. The SMILES string of the molecule is COc1ccc(/C(O)=C2/C(=O)C(=O)N(c3ccccc3O)C2c2cccc(O)c2)cc1C. The third-order valence-electron chi connectivity index (χ3n) is 5.44. The van der Waals surface area contributed by atoms with Gasteiger partial charge < -0.3 is 20.1 Å². The Morgan fingerprint density at radius 2 is 1.72 bits per heavy atom. The Morgan fingerprint density at radius 1 is 0.969 bits per heavy atom. The van der Waals surface area contributed by atoms with Crippen LogP contribution in [0, 0.1) is 6.92 Å². The number of nitrogens with zero attached hydrogens (tertiary/aromatic N) is 1. The highest BCUT2D eigenvalue weighted by Crippen LogP contribution is 2.45. The fourth-order valence-electron chi connectivity index (χ4n) is 3.94. The highest BCUT2D eigenvalue weighted by Gasteiger charge is 2.47. The van der Waals surface area contributed by atoms with E-state index in [4.69, 9.17) is 4.74 Å². The van der Waals surface area contributed by atoms with Crippen molar-refractivity contribution in [1.82, 2.24) is 0 Å². The standard InChI is InChI=1S/C25H21NO6/c1-14-12-16(10-11-20(14)32-2)23(29)21-22(15-6-5-7-17(27)13-15)26(25(31)24(21)30)18-8-3-4-9-19(18)28/h3-13,22,27-29H,1-2H3/b23-21-. The molecule has 1 aliphatic heterocycles. The molecule has 7 heteroatoms. The number of ether oxygens (including phenoxy) is 1. The number of ketones is 1. The minimum Gasteiger partial charge on any atom is -0.508 e. The van der Waals surface area contributed by atoms with Crippen molar-refractivity contribution in [3.63, 3.8) is 0 Å². The number of hydrogen-bond donors (Lipinski definition) is 3. The number of amides is 1. The van der Waals surface area contributed by atoms with Gasteiger partial charge in [-0.2, -0.15) is 0 Å². The van der Waals surface area contributed by atoms with Crippen molar-refractivity contribution in [2.75, 3.05) is 12.0 Å². The second kappa shape index (κ2) is 8.11. The third kappa shape index (κ3) is 3.43. The molecule has 1 amide bonds. The lowest BCUT2D eigenvalue weighted by Crippen LogP contribution is -2.29. The van der Waals surface area contributed by atoms with Crippen LogP contribution in [0.25, 0.3) is 5.76 Å². The van der Waals surface area contributed by atoms with Crippen molar-refractivity contribution < 1.29 is 29.6 Å². The van der Waals surface area contributed by atoms with Crippen LogP contribution in [0.15, 0.2) is 72.3 Å². The van der Waals surface area contributed by atoms with Gasteiger partial charge in [0.1, 0.15) is 23.0 Å². The van der Waals surface area contributed by atoms with Crippen LogP contribution in [-0.2, 0) is 9.59 Å². The smallest absolute Gasteiger partial charge is 0.300 e. The van der Waals surface area contributed by atoms with Crippen LogP contribution in [-0.4, -0.2) is 34.1 Å². The van der Waals surface area contributed by atoms with Gasteiger partial charge in [0.25, 0.3) is 11.7 Å². The molecule has 3 N–H and O–H groups in total. The number of aromatic hydroxyl groups is 2. The minimum atomic E-state index is -1.06. The number of aliphatic hydroxyl groups is 1. The van der Waals surface area contributed by atoms with E-state index in [0.717, 1.165) is 10.5 Å². The number of Topliss-reactive ketones (excluding diaryl/α,β-unsaturated/α-hetero) is 1. The van der Waals surface area contributed by atoms with E-state index >= 15 is 0 Å². The Bertz CT molecular complexity index is 1260. The Morgan fingerprint density at radius 3 is 2.38 bits per heavy atom. The Labute approximate surface area is 184 Å². The van der Waals surface area contributed by atoms with Gasteiger partial charge >= 0.3 is 0 Å². The molecule has 1 atom stereocenters. The highest BCUT2D eigenvalue weighted by atomic mass is 16.5. The number of methoxy groups -OCH3 is 1. The fourth-order valence-corrected chi connectivity index (χ4v) is 3.94. The topological polar surface area (TPSA) is 107 Å². The van der Waals surface area contributed by atoms with E-state index in [-0.39, 0.29) is 28.5 Å². The summed E-state index contributed by atoms with van der Waals surface area (Å²) in [4.78, 5) is 27.3. The summed E-state index contributed by atoms with van der Waals surface area (Å²) in [6.45, 7) is 1.79. The lowest BCUT2D eigenvalue weighted by molar-refractivity contribution is -0.132. The molecule has 3 aromatic carbocycles. The maximum atomic E-state index is 13.1. The van der Waals surface area contributed by atoms with E-state index in [1.165, 1.54) is 31.4 Å². The van der Waals surface area contributed by atoms with E-state index in [9.17, 15) is 24.9 Å². The predicted octanol–water partition coefficient (Wildman–Crippen LogP) is 4.04. The van der Waals surface area contributed by atoms with Gasteiger partial charge in [-0.15, -0.1) is 0 Å². The van der Waals surface area contributed by atoms with Crippen molar-refractivity contribution in [2.24, 2.45) is 0 Å². The highest BCUT2D eigenvalue weighted by molar-refractivity contribution is 6.51. The third-order valence-corrected chi connectivity index (χ3v) is 5.44. The summed E-state index contributed by atoms with van der Waals surface area (Å²) in [6.07, 6.45) is 0. The van der Waals surface area contributed by atoms with Gasteiger partial charge in [0.15, 0.2) is 0 Å². The zero-order valence-electron chi connectivity index (χ0n) is 17.4. The van der Waals surface area contributed by atoms with Crippen LogP contribution in [0.5, 0.6) is 17.2 Å². The molecule has 1 unspecified atom stereocenters. The normalized spacial score (nSPS) is 17.6. The Balaban J connectivity index is 1.97. The van der Waals surface area contributed by atoms with Crippen LogP contribution in [0.2, 0.25) is 0 Å². The molecule has 0 radical (unpaired) electrons. The molecule has 162 valence electrons. The number of carbonyl (C=O) groups is 2. The quantitative estimate of drug-likeness (QED) is 0.327. The number of aryl methyl sites for hydroxylation is 1. The van der Waals surface area contributed by atoms with Gasteiger partial charge in [0.2, 0.25) is 0 Å². The molecular weight excluding hydrogens is 410 g/mol. The Kier molecular flexibility index (Phi) is 5.32. The molecule has 0 bridgehead atoms. The first-order chi connectivity index (χ1) is 15.3. The van der Waals surface area contributed by atoms with Gasteiger partial charge in [-0.1, -0.05) is 24.3 Å². The average molecular weight is 431 g/mol. The molecule has 1 heterocycles. The molecule has 3 aromatic rings. The number of rotatable bonds is 4. The lowest BCUT2D eigenvalue weighted by Gasteiger charge is -2.26. The average Bonchev–Trinajstić information content (AvgIpc) is 3.04. The number of para-hydroxylation sites is 2. The molecule has 0 saturated carbocycles. The number of aliphatic hydroxyl groups excluding tert-OH is 1. The summed E-state index contributed by atoms with van der Waals surface area (Å²) in [7, 11) is 1.53. The van der Waals surface area contributed by atoms with Crippen LogP contribution >= 0.6 is 0 Å². The monoisotopic (exact) mass is 431 g/mol.